The van der Waals surface area contributed by atoms with Crippen LogP contribution < -0.4 is 4.72 Å². The second-order valence-electron chi connectivity index (χ2n) is 4.78. The molecule has 0 unspecified atom stereocenters. The molecule has 8 heteroatoms. The minimum Gasteiger partial charge on any atom is -0.277 e. The third-order valence-electron chi connectivity index (χ3n) is 3.39. The van der Waals surface area contributed by atoms with Gasteiger partial charge < -0.3 is 0 Å². The molecule has 3 rings (SSSR count). The van der Waals surface area contributed by atoms with E-state index < -0.39 is 21.8 Å². The molecular weight excluding hydrogens is 324 g/mol. The number of amides is 2. The maximum absolute atomic E-state index is 12.3. The molecule has 0 fully saturated rings. The van der Waals surface area contributed by atoms with E-state index in [1.165, 1.54) is 36.6 Å². The summed E-state index contributed by atoms with van der Waals surface area (Å²) in [4.78, 5) is 25.5. The van der Waals surface area contributed by atoms with Gasteiger partial charge in [0.1, 0.15) is 0 Å². The smallest absolute Gasteiger partial charge is 0.261 e. The Morgan fingerprint density at radius 2 is 1.86 bits per heavy atom. The predicted octanol–water partition coefficient (Wildman–Crippen LogP) is 1.45. The summed E-state index contributed by atoms with van der Waals surface area (Å²) in [5, 5.41) is 1.86. The van der Waals surface area contributed by atoms with Crippen LogP contribution in [0.5, 0.6) is 0 Å². The van der Waals surface area contributed by atoms with Crippen molar-refractivity contribution in [3.05, 3.63) is 51.7 Å². The Hall–Kier alpha value is -2.03. The molecule has 1 aromatic carbocycles. The molecule has 1 N–H and O–H groups in total. The van der Waals surface area contributed by atoms with Crippen molar-refractivity contribution >= 4 is 33.2 Å². The molecule has 2 aromatic rings. The fourth-order valence-electron chi connectivity index (χ4n) is 2.17. The summed E-state index contributed by atoms with van der Waals surface area (Å²) in [7, 11) is -2.37. The van der Waals surface area contributed by atoms with Gasteiger partial charge in [-0.1, -0.05) is 6.07 Å². The van der Waals surface area contributed by atoms with Crippen LogP contribution in [-0.2, 0) is 16.6 Å². The fourth-order valence-corrected chi connectivity index (χ4v) is 3.94. The quantitative estimate of drug-likeness (QED) is 0.857. The van der Waals surface area contributed by atoms with E-state index in [2.05, 4.69) is 4.72 Å². The van der Waals surface area contributed by atoms with Crippen molar-refractivity contribution < 1.29 is 18.0 Å². The number of fused-ring (bicyclic) bond motifs is 1. The van der Waals surface area contributed by atoms with Crippen LogP contribution in [0.2, 0.25) is 0 Å². The van der Waals surface area contributed by atoms with Crippen molar-refractivity contribution in [3.63, 3.8) is 0 Å². The highest BCUT2D eigenvalue weighted by Gasteiger charge is 2.33. The normalized spacial score (nSPS) is 14.5. The van der Waals surface area contributed by atoms with Gasteiger partial charge in [-0.15, -0.1) is 11.3 Å². The SMILES string of the molecule is CN1C(=O)c2ccc(S(=O)(=O)NCc3cccs3)cc2C1=O. The Morgan fingerprint density at radius 1 is 1.14 bits per heavy atom. The highest BCUT2D eigenvalue weighted by Crippen LogP contribution is 2.24. The highest BCUT2D eigenvalue weighted by atomic mass is 32.2. The molecule has 1 aliphatic rings. The molecule has 0 bridgehead atoms. The summed E-state index contributed by atoms with van der Waals surface area (Å²) >= 11 is 1.45. The second kappa shape index (κ2) is 5.31. The van der Waals surface area contributed by atoms with Gasteiger partial charge >= 0.3 is 0 Å². The number of nitrogens with one attached hydrogen (secondary N) is 1. The number of hydrogen-bond donors (Lipinski definition) is 1. The number of rotatable bonds is 4. The lowest BCUT2D eigenvalue weighted by atomic mass is 10.1. The second-order valence-corrected chi connectivity index (χ2v) is 7.58. The van der Waals surface area contributed by atoms with E-state index in [0.717, 1.165) is 9.78 Å². The van der Waals surface area contributed by atoms with Crippen LogP contribution in [0.1, 0.15) is 25.6 Å². The summed E-state index contributed by atoms with van der Waals surface area (Å²) in [5.41, 5.74) is 0.344. The molecule has 2 heterocycles. The summed E-state index contributed by atoms with van der Waals surface area (Å²) in [6.07, 6.45) is 0. The lowest BCUT2D eigenvalue weighted by molar-refractivity contribution is 0.0693. The molecule has 1 aliphatic heterocycles. The molecule has 0 aliphatic carbocycles. The lowest BCUT2D eigenvalue weighted by Crippen LogP contribution is -2.24. The monoisotopic (exact) mass is 336 g/mol. The van der Waals surface area contributed by atoms with E-state index in [1.54, 1.807) is 0 Å². The van der Waals surface area contributed by atoms with Gasteiger partial charge in [-0.05, 0) is 29.6 Å². The molecule has 2 amide bonds. The van der Waals surface area contributed by atoms with Crippen molar-refractivity contribution in [3.8, 4) is 0 Å². The zero-order chi connectivity index (χ0) is 15.9. The van der Waals surface area contributed by atoms with Gasteiger partial charge in [0.05, 0.1) is 16.0 Å². The first-order valence-corrected chi connectivity index (χ1v) is 8.75. The average molecular weight is 336 g/mol. The van der Waals surface area contributed by atoms with Gasteiger partial charge in [0.15, 0.2) is 0 Å². The van der Waals surface area contributed by atoms with Gasteiger partial charge in [-0.25, -0.2) is 13.1 Å². The van der Waals surface area contributed by atoms with Crippen LogP contribution in [0.3, 0.4) is 0 Å². The van der Waals surface area contributed by atoms with Gasteiger partial charge in [0.25, 0.3) is 11.8 Å². The van der Waals surface area contributed by atoms with Crippen LogP contribution in [0, 0.1) is 0 Å². The zero-order valence-electron chi connectivity index (χ0n) is 11.6. The Labute approximate surface area is 131 Å². The number of imide groups is 1. The molecular formula is C14H12N2O4S2. The number of hydrogen-bond acceptors (Lipinski definition) is 5. The topological polar surface area (TPSA) is 83.6 Å². The molecule has 22 heavy (non-hydrogen) atoms. The first kappa shape index (κ1) is 14.9. The molecule has 1 aromatic heterocycles. The third-order valence-corrected chi connectivity index (χ3v) is 5.66. The number of sulfonamides is 1. The van der Waals surface area contributed by atoms with Crippen LogP contribution in [0.15, 0.2) is 40.6 Å². The molecule has 114 valence electrons. The standard InChI is InChI=1S/C14H12N2O4S2/c1-16-13(17)11-5-4-10(7-12(11)14(16)18)22(19,20)15-8-9-3-2-6-21-9/h2-7,15H,8H2,1H3. The molecule has 0 spiro atoms. The number of thiophene rings is 1. The van der Waals surface area contributed by atoms with Crippen molar-refractivity contribution in [2.24, 2.45) is 0 Å². The van der Waals surface area contributed by atoms with Gasteiger partial charge in [-0.3, -0.25) is 14.5 Å². The van der Waals surface area contributed by atoms with E-state index in [9.17, 15) is 18.0 Å². The number of benzene rings is 1. The maximum atomic E-state index is 12.3. The molecule has 0 radical (unpaired) electrons. The predicted molar refractivity (Wildman–Crippen MR) is 81.2 cm³/mol. The van der Waals surface area contributed by atoms with Crippen molar-refractivity contribution in [1.29, 1.82) is 0 Å². The van der Waals surface area contributed by atoms with Crippen molar-refractivity contribution in [1.82, 2.24) is 9.62 Å². The van der Waals surface area contributed by atoms with Gasteiger partial charge in [-0.2, -0.15) is 0 Å². The summed E-state index contributed by atoms with van der Waals surface area (Å²) in [5.74, 6) is -0.911. The van der Waals surface area contributed by atoms with E-state index in [1.807, 2.05) is 17.5 Å². The van der Waals surface area contributed by atoms with E-state index in [4.69, 9.17) is 0 Å². The summed E-state index contributed by atoms with van der Waals surface area (Å²) in [6.45, 7) is 0.184. The van der Waals surface area contributed by atoms with Crippen LogP contribution >= 0.6 is 11.3 Å². The average Bonchev–Trinajstić information content (AvgIpc) is 3.09. The lowest BCUT2D eigenvalue weighted by Gasteiger charge is -2.06. The van der Waals surface area contributed by atoms with Crippen LogP contribution in [0.25, 0.3) is 0 Å². The minimum absolute atomic E-state index is 0.0285. The number of carbonyl (C=O) groups is 2. The van der Waals surface area contributed by atoms with Gasteiger partial charge in [0.2, 0.25) is 10.0 Å². The van der Waals surface area contributed by atoms with Crippen LogP contribution in [-0.4, -0.2) is 32.2 Å². The Bertz CT molecular complexity index is 857. The minimum atomic E-state index is -3.74. The zero-order valence-corrected chi connectivity index (χ0v) is 13.2. The molecule has 0 atom stereocenters. The van der Waals surface area contributed by atoms with E-state index in [0.29, 0.717) is 0 Å². The molecule has 6 nitrogen and oxygen atoms in total. The summed E-state index contributed by atoms with van der Waals surface area (Å²) in [6, 6.07) is 7.62. The first-order chi connectivity index (χ1) is 10.4. The summed E-state index contributed by atoms with van der Waals surface area (Å²) < 4.78 is 27.0. The van der Waals surface area contributed by atoms with Gasteiger partial charge in [0, 0.05) is 18.5 Å². The van der Waals surface area contributed by atoms with E-state index in [-0.39, 0.29) is 22.6 Å². The Kier molecular flexibility index (Phi) is 3.59. The highest BCUT2D eigenvalue weighted by molar-refractivity contribution is 7.89. The van der Waals surface area contributed by atoms with Crippen molar-refractivity contribution in [2.75, 3.05) is 7.05 Å². The Balaban J connectivity index is 1.90. The van der Waals surface area contributed by atoms with Crippen LogP contribution in [0.4, 0.5) is 0 Å². The number of nitrogens with zero attached hydrogens (tertiary/aromatic N) is 1. The van der Waals surface area contributed by atoms with Crippen molar-refractivity contribution in [2.45, 2.75) is 11.4 Å². The first-order valence-electron chi connectivity index (χ1n) is 6.38. The van der Waals surface area contributed by atoms with E-state index >= 15 is 0 Å². The third kappa shape index (κ3) is 2.45. The number of carbonyl (C=O) groups excluding carboxylic acids is 2. The fraction of sp³-hybridized carbons (Fsp3) is 0.143. The maximum Gasteiger partial charge on any atom is 0.261 e. The molecule has 0 saturated carbocycles. The molecule has 0 saturated heterocycles. The Morgan fingerprint density at radius 3 is 2.55 bits per heavy atom. The largest absolute Gasteiger partial charge is 0.277 e.